The number of rotatable bonds is 6. The molecule has 0 spiro atoms. The molecule has 5 rings (SSSR count). The summed E-state index contributed by atoms with van der Waals surface area (Å²) in [5.74, 6) is -1.76. The molecule has 14 nitrogen and oxygen atoms in total. The number of likely N-dealkylation sites (tertiary alicyclic amines) is 4. The molecule has 0 aromatic heterocycles. The standard InChI is InChI=1S/C9H15NO.C8H11NO2.C8H13NO.C7H7NO4.C7H11NO/c1-8(2)9(11)10-6-4-3-5-7-10;1-6(2)8(11)9-5-3-4-7(9)10;1-7(2)8(10)9-5-3-4-6-9;1-2-7(11)12-8-5(9)3-4-6(8)10;1-2-7(9)8-5-3-4-6-8/h1,3-7H2,2H3;1,3-5H2,2H3;1,3-6H2,2H3;2H,1,3-4H2;2H,1,3-6H2. The minimum absolute atomic E-state index is 0.0713. The Morgan fingerprint density at radius 2 is 0.906 bits per heavy atom. The molecule has 14 heteroatoms. The third-order valence-corrected chi connectivity index (χ3v) is 8.40. The lowest BCUT2D eigenvalue weighted by Gasteiger charge is -2.26. The highest BCUT2D eigenvalue weighted by atomic mass is 16.7. The van der Waals surface area contributed by atoms with Crippen LogP contribution >= 0.6 is 0 Å². The Hall–Kier alpha value is -5.14. The fraction of sp³-hybridized carbons (Fsp3) is 0.538. The molecule has 0 saturated carbocycles. The molecule has 53 heavy (non-hydrogen) atoms. The van der Waals surface area contributed by atoms with Gasteiger partial charge in [-0.1, -0.05) is 32.9 Å². The molecular formula is C39H57N5O9. The number of hydrogen-bond acceptors (Lipinski definition) is 9. The molecule has 292 valence electrons. The Balaban J connectivity index is 0.000000332. The molecule has 5 fully saturated rings. The Kier molecular flexibility index (Phi) is 20.9. The number of amides is 7. The van der Waals surface area contributed by atoms with Crippen molar-refractivity contribution in [2.75, 3.05) is 45.8 Å². The van der Waals surface area contributed by atoms with E-state index in [0.717, 1.165) is 90.3 Å². The zero-order valence-electron chi connectivity index (χ0n) is 31.8. The first-order valence-corrected chi connectivity index (χ1v) is 18.1. The lowest BCUT2D eigenvalue weighted by atomic mass is 10.1. The zero-order chi connectivity index (χ0) is 40.1. The predicted octanol–water partition coefficient (Wildman–Crippen LogP) is 4.05. The van der Waals surface area contributed by atoms with E-state index in [9.17, 15) is 38.4 Å². The van der Waals surface area contributed by atoms with E-state index in [1.807, 2.05) is 14.7 Å². The highest BCUT2D eigenvalue weighted by molar-refractivity contribution is 6.04. The summed E-state index contributed by atoms with van der Waals surface area (Å²) < 4.78 is 0. The quantitative estimate of drug-likeness (QED) is 0.289. The largest absolute Gasteiger partial charge is 0.356 e. The SMILES string of the molecule is C=C(C)C(=O)N1CCCC1.C=C(C)C(=O)N1CCCC1=O.C=C(C)C(=O)N1CCCCC1.C=CC(=O)N1CCCC1.C=CC(=O)ON1C(=O)CCC1=O. The normalized spacial score (nSPS) is 17.4. The van der Waals surface area contributed by atoms with Crippen LogP contribution in [0, 0.1) is 0 Å². The predicted molar refractivity (Wildman–Crippen MR) is 200 cm³/mol. The van der Waals surface area contributed by atoms with E-state index in [1.165, 1.54) is 17.4 Å². The van der Waals surface area contributed by atoms with Crippen LogP contribution in [-0.4, -0.2) is 118 Å². The van der Waals surface area contributed by atoms with Crippen molar-refractivity contribution in [2.45, 2.75) is 91.4 Å². The number of nitrogens with zero attached hydrogens (tertiary/aromatic N) is 5. The lowest BCUT2D eigenvalue weighted by Crippen LogP contribution is -2.35. The van der Waals surface area contributed by atoms with Gasteiger partial charge in [0.1, 0.15) is 0 Å². The maximum absolute atomic E-state index is 11.3. The van der Waals surface area contributed by atoms with Gasteiger partial charge in [-0.3, -0.25) is 38.5 Å². The summed E-state index contributed by atoms with van der Waals surface area (Å²) in [6.07, 6.45) is 11.9. The molecule has 5 saturated heterocycles. The van der Waals surface area contributed by atoms with Crippen molar-refractivity contribution in [1.82, 2.24) is 24.7 Å². The van der Waals surface area contributed by atoms with Gasteiger partial charge in [-0.2, -0.15) is 0 Å². The molecule has 0 aromatic rings. The molecule has 0 aromatic carbocycles. The van der Waals surface area contributed by atoms with E-state index in [2.05, 4.69) is 37.7 Å². The molecule has 0 unspecified atom stereocenters. The van der Waals surface area contributed by atoms with Crippen molar-refractivity contribution in [3.05, 3.63) is 61.8 Å². The molecular weight excluding hydrogens is 682 g/mol. The first kappa shape index (κ1) is 45.9. The summed E-state index contributed by atoms with van der Waals surface area (Å²) in [5, 5.41) is 0.476. The van der Waals surface area contributed by atoms with Crippen molar-refractivity contribution >= 4 is 47.3 Å². The second kappa shape index (κ2) is 24.2. The summed E-state index contributed by atoms with van der Waals surface area (Å²) in [5.41, 5.74) is 1.74. The molecule has 0 aliphatic carbocycles. The number of carbonyl (C=O) groups excluding carboxylic acids is 8. The highest BCUT2D eigenvalue weighted by Crippen LogP contribution is 2.14. The van der Waals surface area contributed by atoms with Gasteiger partial charge in [0.05, 0.1) is 0 Å². The fourth-order valence-electron chi connectivity index (χ4n) is 5.50. The summed E-state index contributed by atoms with van der Waals surface area (Å²) >= 11 is 0. The van der Waals surface area contributed by atoms with Gasteiger partial charge in [-0.15, -0.1) is 5.06 Å². The molecule has 7 amide bonds. The minimum atomic E-state index is -0.807. The average Bonchev–Trinajstić information content (AvgIpc) is 4.00. The van der Waals surface area contributed by atoms with Crippen molar-refractivity contribution in [3.63, 3.8) is 0 Å². The van der Waals surface area contributed by atoms with Crippen LogP contribution in [-0.2, 0) is 43.2 Å². The van der Waals surface area contributed by atoms with Gasteiger partial charge in [0, 0.05) is 87.9 Å². The van der Waals surface area contributed by atoms with Crippen molar-refractivity contribution in [3.8, 4) is 0 Å². The molecule has 5 aliphatic rings. The molecule has 5 heterocycles. The van der Waals surface area contributed by atoms with Crippen LogP contribution < -0.4 is 0 Å². The Bertz CT molecular complexity index is 1400. The van der Waals surface area contributed by atoms with E-state index in [0.29, 0.717) is 34.7 Å². The summed E-state index contributed by atoms with van der Waals surface area (Å²) in [6.45, 7) is 28.5. The Morgan fingerprint density at radius 3 is 1.25 bits per heavy atom. The van der Waals surface area contributed by atoms with Crippen molar-refractivity contribution in [2.24, 2.45) is 0 Å². The topological polar surface area (TPSA) is 162 Å². The van der Waals surface area contributed by atoms with Crippen LogP contribution in [0.5, 0.6) is 0 Å². The van der Waals surface area contributed by atoms with Gasteiger partial charge < -0.3 is 19.5 Å². The maximum atomic E-state index is 11.3. The van der Waals surface area contributed by atoms with E-state index >= 15 is 0 Å². The van der Waals surface area contributed by atoms with Crippen molar-refractivity contribution in [1.29, 1.82) is 0 Å². The van der Waals surface area contributed by atoms with Gasteiger partial charge in [0.15, 0.2) is 0 Å². The van der Waals surface area contributed by atoms with E-state index < -0.39 is 17.8 Å². The highest BCUT2D eigenvalue weighted by Gasteiger charge is 2.32. The van der Waals surface area contributed by atoms with Crippen LogP contribution in [0.25, 0.3) is 0 Å². The van der Waals surface area contributed by atoms with Crippen LogP contribution in [0.15, 0.2) is 61.8 Å². The molecule has 0 radical (unpaired) electrons. The lowest BCUT2D eigenvalue weighted by molar-refractivity contribution is -0.193. The number of carbonyl (C=O) groups is 8. The van der Waals surface area contributed by atoms with E-state index in [-0.39, 0.29) is 42.4 Å². The first-order valence-electron chi connectivity index (χ1n) is 18.1. The van der Waals surface area contributed by atoms with E-state index in [1.54, 1.807) is 20.8 Å². The minimum Gasteiger partial charge on any atom is -0.339 e. The third kappa shape index (κ3) is 16.4. The maximum Gasteiger partial charge on any atom is 0.356 e. The summed E-state index contributed by atoms with van der Waals surface area (Å²) in [6, 6.07) is 0. The number of hydrogen-bond donors (Lipinski definition) is 0. The molecule has 5 aliphatic heterocycles. The average molecular weight is 740 g/mol. The molecule has 0 atom stereocenters. The second-order valence-electron chi connectivity index (χ2n) is 13.1. The number of piperidine rings is 1. The van der Waals surface area contributed by atoms with E-state index in [4.69, 9.17) is 0 Å². The summed E-state index contributed by atoms with van der Waals surface area (Å²) in [7, 11) is 0. The number of imide groups is 2. The van der Waals surface area contributed by atoms with Crippen LogP contribution in [0.2, 0.25) is 0 Å². The monoisotopic (exact) mass is 739 g/mol. The smallest absolute Gasteiger partial charge is 0.339 e. The van der Waals surface area contributed by atoms with Crippen LogP contribution in [0.3, 0.4) is 0 Å². The molecule has 0 N–H and O–H groups in total. The summed E-state index contributed by atoms with van der Waals surface area (Å²) in [4.78, 5) is 98.9. The zero-order valence-corrected chi connectivity index (χ0v) is 31.8. The Labute approximate surface area is 313 Å². The van der Waals surface area contributed by atoms with Crippen LogP contribution in [0.1, 0.15) is 91.4 Å². The van der Waals surface area contributed by atoms with Gasteiger partial charge in [-0.25, -0.2) is 4.79 Å². The third-order valence-electron chi connectivity index (χ3n) is 8.40. The number of hydroxylamine groups is 2. The van der Waals surface area contributed by atoms with Crippen LogP contribution in [0.4, 0.5) is 0 Å². The Morgan fingerprint density at radius 1 is 0.509 bits per heavy atom. The fourth-order valence-corrected chi connectivity index (χ4v) is 5.50. The van der Waals surface area contributed by atoms with Gasteiger partial charge >= 0.3 is 5.97 Å². The molecule has 0 bridgehead atoms. The van der Waals surface area contributed by atoms with Gasteiger partial charge in [0.2, 0.25) is 23.6 Å². The van der Waals surface area contributed by atoms with Crippen molar-refractivity contribution < 1.29 is 43.2 Å². The first-order chi connectivity index (χ1) is 25.0. The second-order valence-corrected chi connectivity index (χ2v) is 13.1. The van der Waals surface area contributed by atoms with Gasteiger partial charge in [-0.05, 0) is 78.2 Å². The van der Waals surface area contributed by atoms with Gasteiger partial charge in [0.25, 0.3) is 17.7 Å².